The summed E-state index contributed by atoms with van der Waals surface area (Å²) in [4.78, 5) is 29.2. The fraction of sp³-hybridized carbons (Fsp3) is 0.333. The maximum absolute atomic E-state index is 13.2. The van der Waals surface area contributed by atoms with Gasteiger partial charge in [0.2, 0.25) is 11.8 Å². The van der Waals surface area contributed by atoms with Crippen molar-refractivity contribution >= 4 is 28.9 Å². The highest BCUT2D eigenvalue weighted by molar-refractivity contribution is 6.05. The Bertz CT molecular complexity index is 879. The average Bonchev–Trinajstić information content (AvgIpc) is 3.09. The zero-order chi connectivity index (χ0) is 19.0. The number of hydrogen-bond acceptors (Lipinski definition) is 4. The number of rotatable bonds is 3. The molecule has 6 nitrogen and oxygen atoms in total. The zero-order valence-electron chi connectivity index (χ0n) is 15.4. The van der Waals surface area contributed by atoms with E-state index in [2.05, 4.69) is 0 Å². The lowest BCUT2D eigenvalue weighted by Gasteiger charge is -2.32. The predicted molar refractivity (Wildman–Crippen MR) is 105 cm³/mol. The Balaban J connectivity index is 1.54. The lowest BCUT2D eigenvalue weighted by Crippen LogP contribution is -2.40. The van der Waals surface area contributed by atoms with E-state index in [9.17, 15) is 9.59 Å². The predicted octanol–water partition coefficient (Wildman–Crippen LogP) is 2.61. The zero-order valence-corrected chi connectivity index (χ0v) is 15.4. The summed E-state index contributed by atoms with van der Waals surface area (Å²) in [5.41, 5.74) is 9.54. The Morgan fingerprint density at radius 1 is 1.19 bits per heavy atom. The monoisotopic (exact) mass is 365 g/mol. The summed E-state index contributed by atoms with van der Waals surface area (Å²) in [5, 5.41) is 0. The Kier molecular flexibility index (Phi) is 4.48. The molecule has 0 radical (unpaired) electrons. The minimum atomic E-state index is -0.341. The molecule has 1 saturated heterocycles. The molecule has 2 aromatic rings. The van der Waals surface area contributed by atoms with Gasteiger partial charge in [0.05, 0.1) is 13.0 Å². The highest BCUT2D eigenvalue weighted by atomic mass is 16.5. The van der Waals surface area contributed by atoms with E-state index in [4.69, 9.17) is 10.5 Å². The van der Waals surface area contributed by atoms with Crippen LogP contribution in [0.25, 0.3) is 0 Å². The molecule has 2 N–H and O–H groups in total. The Morgan fingerprint density at radius 3 is 2.70 bits per heavy atom. The van der Waals surface area contributed by atoms with Gasteiger partial charge in [0.15, 0.2) is 0 Å². The lowest BCUT2D eigenvalue weighted by molar-refractivity contribution is -0.124. The van der Waals surface area contributed by atoms with E-state index in [0.29, 0.717) is 13.1 Å². The minimum absolute atomic E-state index is 0.00547. The first kappa shape index (κ1) is 17.4. The molecule has 1 fully saturated rings. The van der Waals surface area contributed by atoms with Crippen molar-refractivity contribution in [1.82, 2.24) is 0 Å². The van der Waals surface area contributed by atoms with Crippen LogP contribution in [0.15, 0.2) is 42.5 Å². The van der Waals surface area contributed by atoms with Crippen LogP contribution >= 0.6 is 0 Å². The second kappa shape index (κ2) is 6.95. The number of carbonyl (C=O) groups excluding carboxylic acids is 2. The van der Waals surface area contributed by atoms with Crippen molar-refractivity contribution in [2.75, 3.05) is 35.7 Å². The van der Waals surface area contributed by atoms with Crippen molar-refractivity contribution in [2.45, 2.75) is 19.3 Å². The fourth-order valence-corrected chi connectivity index (χ4v) is 3.99. The molecule has 1 atom stereocenters. The van der Waals surface area contributed by atoms with Gasteiger partial charge in [-0.05, 0) is 54.8 Å². The third-order valence-corrected chi connectivity index (χ3v) is 5.41. The minimum Gasteiger partial charge on any atom is -0.497 e. The molecule has 6 heteroatoms. The maximum atomic E-state index is 13.2. The van der Waals surface area contributed by atoms with E-state index in [-0.39, 0.29) is 24.2 Å². The van der Waals surface area contributed by atoms with Crippen molar-refractivity contribution in [3.05, 3.63) is 48.0 Å². The van der Waals surface area contributed by atoms with Crippen LogP contribution in [0.2, 0.25) is 0 Å². The Hall–Kier alpha value is -3.02. The number of methoxy groups -OCH3 is 1. The Morgan fingerprint density at radius 2 is 1.96 bits per heavy atom. The molecule has 0 bridgehead atoms. The fourth-order valence-electron chi connectivity index (χ4n) is 3.99. The number of nitrogen functional groups attached to an aromatic ring is 1. The second-order valence-corrected chi connectivity index (χ2v) is 7.04. The number of nitrogens with two attached hydrogens (primary N) is 1. The van der Waals surface area contributed by atoms with Gasteiger partial charge in [-0.3, -0.25) is 9.59 Å². The molecule has 2 aromatic carbocycles. The van der Waals surface area contributed by atoms with Gasteiger partial charge in [0, 0.05) is 36.6 Å². The Labute approximate surface area is 158 Å². The molecule has 0 spiro atoms. The number of fused-ring (bicyclic) bond motifs is 1. The molecule has 0 aromatic heterocycles. The molecule has 2 aliphatic rings. The number of hydrogen-bond donors (Lipinski definition) is 1. The number of anilines is 3. The summed E-state index contributed by atoms with van der Waals surface area (Å²) < 4.78 is 5.17. The summed E-state index contributed by atoms with van der Waals surface area (Å²) in [6.07, 6.45) is 2.00. The lowest BCUT2D eigenvalue weighted by atomic mass is 9.97. The average molecular weight is 365 g/mol. The second-order valence-electron chi connectivity index (χ2n) is 7.04. The van der Waals surface area contributed by atoms with Crippen molar-refractivity contribution in [3.63, 3.8) is 0 Å². The molecular weight excluding hydrogens is 342 g/mol. The van der Waals surface area contributed by atoms with E-state index >= 15 is 0 Å². The van der Waals surface area contributed by atoms with Crippen molar-refractivity contribution in [1.29, 1.82) is 0 Å². The van der Waals surface area contributed by atoms with Gasteiger partial charge < -0.3 is 20.3 Å². The van der Waals surface area contributed by atoms with Crippen molar-refractivity contribution < 1.29 is 14.3 Å². The first-order chi connectivity index (χ1) is 13.1. The van der Waals surface area contributed by atoms with Gasteiger partial charge in [-0.2, -0.15) is 0 Å². The summed E-state index contributed by atoms with van der Waals surface area (Å²) >= 11 is 0. The molecule has 0 aliphatic carbocycles. The summed E-state index contributed by atoms with van der Waals surface area (Å²) in [6, 6.07) is 13.0. The van der Waals surface area contributed by atoms with Crippen LogP contribution in [-0.2, 0) is 16.0 Å². The van der Waals surface area contributed by atoms with E-state index in [1.54, 1.807) is 12.0 Å². The molecule has 0 saturated carbocycles. The van der Waals surface area contributed by atoms with Crippen LogP contribution in [0.4, 0.5) is 17.1 Å². The van der Waals surface area contributed by atoms with E-state index in [1.807, 2.05) is 47.4 Å². The number of nitrogens with zero attached hydrogens (tertiary/aromatic N) is 2. The maximum Gasteiger partial charge on any atom is 0.232 e. The van der Waals surface area contributed by atoms with Crippen LogP contribution in [-0.4, -0.2) is 32.0 Å². The van der Waals surface area contributed by atoms with Crippen molar-refractivity contribution in [3.8, 4) is 5.75 Å². The first-order valence-corrected chi connectivity index (χ1v) is 9.21. The van der Waals surface area contributed by atoms with Crippen LogP contribution in [0, 0.1) is 5.92 Å². The van der Waals surface area contributed by atoms with Gasteiger partial charge in [-0.1, -0.05) is 6.07 Å². The highest BCUT2D eigenvalue weighted by Crippen LogP contribution is 2.34. The SMILES string of the molecule is COc1ccc(N2CC(C(=O)N3CCCc4c(N)cccc43)CC2=O)cc1. The van der Waals surface area contributed by atoms with Gasteiger partial charge in [0.25, 0.3) is 0 Å². The quantitative estimate of drug-likeness (QED) is 0.849. The molecule has 1 unspecified atom stereocenters. The molecule has 4 rings (SSSR count). The first-order valence-electron chi connectivity index (χ1n) is 9.21. The largest absolute Gasteiger partial charge is 0.497 e. The molecule has 140 valence electrons. The topological polar surface area (TPSA) is 75.9 Å². The molecule has 27 heavy (non-hydrogen) atoms. The number of amides is 2. The third kappa shape index (κ3) is 3.12. The highest BCUT2D eigenvalue weighted by Gasteiger charge is 2.38. The van der Waals surface area contributed by atoms with Crippen molar-refractivity contribution in [2.24, 2.45) is 5.92 Å². The smallest absolute Gasteiger partial charge is 0.232 e. The number of benzene rings is 2. The molecule has 2 amide bonds. The molecule has 2 heterocycles. The number of carbonyl (C=O) groups is 2. The van der Waals surface area contributed by atoms with Gasteiger partial charge in [0.1, 0.15) is 5.75 Å². The van der Waals surface area contributed by atoms with Gasteiger partial charge in [-0.25, -0.2) is 0 Å². The summed E-state index contributed by atoms with van der Waals surface area (Å²) in [7, 11) is 1.61. The number of ether oxygens (including phenoxy) is 1. The summed E-state index contributed by atoms with van der Waals surface area (Å²) in [6.45, 7) is 1.07. The van der Waals surface area contributed by atoms with Crippen LogP contribution in [0.5, 0.6) is 5.75 Å². The normalized spacial score (nSPS) is 19.1. The van der Waals surface area contributed by atoms with Gasteiger partial charge >= 0.3 is 0 Å². The van der Waals surface area contributed by atoms with Gasteiger partial charge in [-0.15, -0.1) is 0 Å². The van der Waals surface area contributed by atoms with Crippen LogP contribution in [0.3, 0.4) is 0 Å². The molecular formula is C21H23N3O3. The van der Waals surface area contributed by atoms with Crippen LogP contribution in [0.1, 0.15) is 18.4 Å². The van der Waals surface area contributed by atoms with E-state index in [1.165, 1.54) is 0 Å². The standard InChI is InChI=1S/C21H23N3O3/c1-27-16-9-7-15(8-10-16)24-13-14(12-20(24)25)21(26)23-11-3-4-17-18(22)5-2-6-19(17)23/h2,5-10,14H,3-4,11-13,22H2,1H3. The third-order valence-electron chi connectivity index (χ3n) is 5.41. The molecule has 2 aliphatic heterocycles. The summed E-state index contributed by atoms with van der Waals surface area (Å²) in [5.74, 6) is 0.377. The van der Waals surface area contributed by atoms with E-state index in [0.717, 1.165) is 41.2 Å². The van der Waals surface area contributed by atoms with E-state index < -0.39 is 0 Å². The van der Waals surface area contributed by atoms with Crippen LogP contribution < -0.4 is 20.3 Å².